The molecule has 5 rings (SSSR count). The molecule has 0 aliphatic carbocycles. The molecule has 0 N–H and O–H groups in total. The number of rotatable bonds is 1. The van der Waals surface area contributed by atoms with Crippen LogP contribution in [0.15, 0.2) is 87.8 Å². The van der Waals surface area contributed by atoms with Gasteiger partial charge in [0.1, 0.15) is 11.2 Å². The van der Waals surface area contributed by atoms with Crippen molar-refractivity contribution in [1.29, 1.82) is 0 Å². The quantitative estimate of drug-likeness (QED) is 0.304. The van der Waals surface area contributed by atoms with Crippen molar-refractivity contribution in [2.45, 2.75) is 0 Å². The minimum Gasteiger partial charge on any atom is -0.456 e. The van der Waals surface area contributed by atoms with Crippen LogP contribution in [0.5, 0.6) is 0 Å². The number of halogens is 1. The van der Waals surface area contributed by atoms with Crippen molar-refractivity contribution in [3.63, 3.8) is 0 Å². The highest BCUT2D eigenvalue weighted by Gasteiger charge is 2.10. The van der Waals surface area contributed by atoms with E-state index < -0.39 is 0 Å². The number of furan rings is 1. The van der Waals surface area contributed by atoms with Gasteiger partial charge in [-0.3, -0.25) is 0 Å². The number of hydrogen-bond donors (Lipinski definition) is 0. The monoisotopic (exact) mass is 372 g/mol. The first kappa shape index (κ1) is 13.8. The van der Waals surface area contributed by atoms with E-state index in [-0.39, 0.29) is 0 Å². The van der Waals surface area contributed by atoms with Crippen LogP contribution in [-0.4, -0.2) is 0 Å². The van der Waals surface area contributed by atoms with Crippen molar-refractivity contribution in [3.8, 4) is 11.1 Å². The second-order valence-corrected chi connectivity index (χ2v) is 6.90. The minimum absolute atomic E-state index is 0.941. The molecule has 24 heavy (non-hydrogen) atoms. The van der Waals surface area contributed by atoms with E-state index in [4.69, 9.17) is 4.42 Å². The molecule has 0 radical (unpaired) electrons. The van der Waals surface area contributed by atoms with Gasteiger partial charge in [-0.2, -0.15) is 0 Å². The highest BCUT2D eigenvalue weighted by molar-refractivity contribution is 9.10. The summed E-state index contributed by atoms with van der Waals surface area (Å²) in [7, 11) is 0. The molecule has 0 spiro atoms. The van der Waals surface area contributed by atoms with Gasteiger partial charge in [0, 0.05) is 15.2 Å². The van der Waals surface area contributed by atoms with Crippen LogP contribution in [0.4, 0.5) is 0 Å². The Morgan fingerprint density at radius 2 is 1.50 bits per heavy atom. The summed E-state index contributed by atoms with van der Waals surface area (Å²) >= 11 is 3.55. The summed E-state index contributed by atoms with van der Waals surface area (Å²) in [6.45, 7) is 0. The fraction of sp³-hybridized carbons (Fsp3) is 0. The Labute approximate surface area is 147 Å². The van der Waals surface area contributed by atoms with Gasteiger partial charge in [-0.25, -0.2) is 0 Å². The molecular formula is C22H13BrO. The van der Waals surface area contributed by atoms with Crippen molar-refractivity contribution in [3.05, 3.63) is 83.3 Å². The van der Waals surface area contributed by atoms with Gasteiger partial charge in [-0.15, -0.1) is 0 Å². The van der Waals surface area contributed by atoms with Crippen LogP contribution in [0, 0.1) is 0 Å². The fourth-order valence-electron chi connectivity index (χ4n) is 3.40. The van der Waals surface area contributed by atoms with E-state index in [2.05, 4.69) is 76.6 Å². The molecule has 114 valence electrons. The highest BCUT2D eigenvalue weighted by atomic mass is 79.9. The minimum atomic E-state index is 0.941. The van der Waals surface area contributed by atoms with Gasteiger partial charge >= 0.3 is 0 Å². The number of benzene rings is 4. The maximum atomic E-state index is 5.98. The van der Waals surface area contributed by atoms with Crippen LogP contribution in [0.2, 0.25) is 0 Å². The number of fused-ring (bicyclic) bond motifs is 5. The van der Waals surface area contributed by atoms with E-state index in [0.717, 1.165) is 15.6 Å². The summed E-state index contributed by atoms with van der Waals surface area (Å²) in [6.07, 6.45) is 0. The first-order valence-electron chi connectivity index (χ1n) is 7.89. The zero-order valence-corrected chi connectivity index (χ0v) is 14.4. The average Bonchev–Trinajstić information content (AvgIpc) is 3.00. The summed E-state index contributed by atoms with van der Waals surface area (Å²) in [5.74, 6) is 0. The standard InChI is InChI=1S/C22H13BrO/c23-17-5-3-4-14(13-17)15-8-10-18-16(12-15)9-11-21-22(18)19-6-1-2-7-20(19)24-21/h1-13H. The maximum Gasteiger partial charge on any atom is 0.136 e. The van der Waals surface area contributed by atoms with Gasteiger partial charge < -0.3 is 4.42 Å². The fourth-order valence-corrected chi connectivity index (χ4v) is 3.80. The van der Waals surface area contributed by atoms with Crippen molar-refractivity contribution in [1.82, 2.24) is 0 Å². The molecule has 2 heteroatoms. The summed E-state index contributed by atoms with van der Waals surface area (Å²) < 4.78 is 7.08. The molecule has 0 atom stereocenters. The van der Waals surface area contributed by atoms with Crippen LogP contribution >= 0.6 is 15.9 Å². The van der Waals surface area contributed by atoms with Crippen LogP contribution in [-0.2, 0) is 0 Å². The lowest BCUT2D eigenvalue weighted by molar-refractivity contribution is 0.669. The van der Waals surface area contributed by atoms with E-state index in [9.17, 15) is 0 Å². The molecule has 0 aliphatic rings. The molecular weight excluding hydrogens is 360 g/mol. The number of para-hydroxylation sites is 1. The topological polar surface area (TPSA) is 13.1 Å². The average molecular weight is 373 g/mol. The highest BCUT2D eigenvalue weighted by Crippen LogP contribution is 2.36. The van der Waals surface area contributed by atoms with Crippen molar-refractivity contribution in [2.75, 3.05) is 0 Å². The third-order valence-corrected chi connectivity index (χ3v) is 5.01. The number of hydrogen-bond acceptors (Lipinski definition) is 1. The molecule has 1 nitrogen and oxygen atoms in total. The third-order valence-electron chi connectivity index (χ3n) is 4.52. The van der Waals surface area contributed by atoms with E-state index in [1.807, 2.05) is 18.2 Å². The molecule has 0 amide bonds. The Morgan fingerprint density at radius 3 is 2.42 bits per heavy atom. The summed E-state index contributed by atoms with van der Waals surface area (Å²) in [5, 5.41) is 4.83. The van der Waals surface area contributed by atoms with Crippen LogP contribution in [0.1, 0.15) is 0 Å². The lowest BCUT2D eigenvalue weighted by Gasteiger charge is -2.06. The zero-order chi connectivity index (χ0) is 16.1. The van der Waals surface area contributed by atoms with Gasteiger partial charge in [-0.05, 0) is 52.2 Å². The molecule has 1 heterocycles. The predicted molar refractivity (Wildman–Crippen MR) is 104 cm³/mol. The van der Waals surface area contributed by atoms with Crippen LogP contribution < -0.4 is 0 Å². The molecule has 4 aromatic carbocycles. The molecule has 0 unspecified atom stereocenters. The van der Waals surface area contributed by atoms with Gasteiger partial charge in [0.2, 0.25) is 0 Å². The largest absolute Gasteiger partial charge is 0.456 e. The Hall–Kier alpha value is -2.58. The lowest BCUT2D eigenvalue weighted by Crippen LogP contribution is -1.80. The Bertz CT molecular complexity index is 1220. The van der Waals surface area contributed by atoms with E-state index >= 15 is 0 Å². The second-order valence-electron chi connectivity index (χ2n) is 5.98. The first-order chi connectivity index (χ1) is 11.8. The molecule has 0 saturated carbocycles. The Morgan fingerprint density at radius 1 is 0.625 bits per heavy atom. The normalized spacial score (nSPS) is 11.5. The van der Waals surface area contributed by atoms with Crippen LogP contribution in [0.25, 0.3) is 43.8 Å². The molecule has 0 aliphatic heterocycles. The van der Waals surface area contributed by atoms with Crippen molar-refractivity contribution in [2.24, 2.45) is 0 Å². The van der Waals surface area contributed by atoms with E-state index in [0.29, 0.717) is 0 Å². The molecule has 0 bridgehead atoms. The van der Waals surface area contributed by atoms with Crippen molar-refractivity contribution >= 4 is 48.6 Å². The SMILES string of the molecule is Brc1cccc(-c2ccc3c(ccc4oc5ccccc5c43)c2)c1. The Kier molecular flexibility index (Phi) is 3.00. The summed E-state index contributed by atoms with van der Waals surface area (Å²) in [6, 6.07) is 27.5. The van der Waals surface area contributed by atoms with E-state index in [1.54, 1.807) is 0 Å². The van der Waals surface area contributed by atoms with Gasteiger partial charge in [0.05, 0.1) is 0 Å². The zero-order valence-electron chi connectivity index (χ0n) is 12.8. The lowest BCUT2D eigenvalue weighted by atomic mass is 9.98. The summed E-state index contributed by atoms with van der Waals surface area (Å²) in [5.41, 5.74) is 4.31. The smallest absolute Gasteiger partial charge is 0.136 e. The molecule has 1 aromatic heterocycles. The Balaban J connectivity index is 1.82. The summed E-state index contributed by atoms with van der Waals surface area (Å²) in [4.78, 5) is 0. The maximum absolute atomic E-state index is 5.98. The third kappa shape index (κ3) is 2.07. The van der Waals surface area contributed by atoms with Gasteiger partial charge in [0.15, 0.2) is 0 Å². The molecule has 0 fully saturated rings. The predicted octanol–water partition coefficient (Wildman–Crippen LogP) is 7.17. The van der Waals surface area contributed by atoms with Crippen molar-refractivity contribution < 1.29 is 4.42 Å². The van der Waals surface area contributed by atoms with Crippen LogP contribution in [0.3, 0.4) is 0 Å². The van der Waals surface area contributed by atoms with Gasteiger partial charge in [-0.1, -0.05) is 64.5 Å². The molecule has 5 aromatic rings. The first-order valence-corrected chi connectivity index (χ1v) is 8.69. The van der Waals surface area contributed by atoms with Gasteiger partial charge in [0.25, 0.3) is 0 Å². The van der Waals surface area contributed by atoms with E-state index in [1.165, 1.54) is 32.7 Å². The second kappa shape index (κ2) is 5.22. The molecule has 0 saturated heterocycles.